The van der Waals surface area contributed by atoms with Gasteiger partial charge in [0.1, 0.15) is 0 Å². The van der Waals surface area contributed by atoms with Crippen LogP contribution < -0.4 is 11.1 Å². The average Bonchev–Trinajstić information content (AvgIpc) is 3.11. The molecule has 3 N–H and O–H groups in total. The highest BCUT2D eigenvalue weighted by Crippen LogP contribution is 2.31. The number of benzene rings is 2. The van der Waals surface area contributed by atoms with E-state index >= 15 is 0 Å². The summed E-state index contributed by atoms with van der Waals surface area (Å²) in [6.07, 6.45) is 5.19. The van der Waals surface area contributed by atoms with Crippen molar-refractivity contribution in [3.8, 4) is 0 Å². The quantitative estimate of drug-likeness (QED) is 0.832. The van der Waals surface area contributed by atoms with Crippen LogP contribution >= 0.6 is 0 Å². The highest BCUT2D eigenvalue weighted by molar-refractivity contribution is 5.82. The van der Waals surface area contributed by atoms with Gasteiger partial charge in [0.05, 0.1) is 12.1 Å². The molecule has 2 unspecified atom stereocenters. The monoisotopic (exact) mass is 349 g/mol. The number of nitrogens with one attached hydrogen (secondary N) is 1. The first-order valence-corrected chi connectivity index (χ1v) is 9.67. The number of carbonyl (C=O) groups excluding carboxylic acids is 1. The maximum Gasteiger partial charge on any atom is 0.237 e. The molecule has 1 fully saturated rings. The highest BCUT2D eigenvalue weighted by Gasteiger charge is 2.32. The standard InChI is InChI=1S/C22H27N3O/c23-18-11-12-19-17(14-18)8-4-9-20(19)24-22(26)21-10-5-13-25(21)15-16-6-2-1-3-7-16/h1-3,6-7,11-12,14,20-21H,4-5,8-10,13,15,23H2,(H,24,26). The number of nitrogens with two attached hydrogens (primary N) is 1. The Balaban J connectivity index is 1.45. The van der Waals surface area contributed by atoms with Gasteiger partial charge in [-0.15, -0.1) is 0 Å². The fourth-order valence-electron chi connectivity index (χ4n) is 4.38. The van der Waals surface area contributed by atoms with Crippen molar-refractivity contribution in [2.45, 2.75) is 50.7 Å². The predicted octanol–water partition coefficient (Wildman–Crippen LogP) is 3.43. The van der Waals surface area contributed by atoms with Crippen molar-refractivity contribution < 1.29 is 4.79 Å². The largest absolute Gasteiger partial charge is 0.399 e. The topological polar surface area (TPSA) is 58.4 Å². The van der Waals surface area contributed by atoms with Crippen LogP contribution in [0.2, 0.25) is 0 Å². The Hall–Kier alpha value is -2.33. The molecule has 0 radical (unpaired) electrons. The number of amides is 1. The van der Waals surface area contributed by atoms with E-state index in [1.807, 2.05) is 12.1 Å². The zero-order valence-corrected chi connectivity index (χ0v) is 15.2. The van der Waals surface area contributed by atoms with Crippen molar-refractivity contribution in [2.75, 3.05) is 12.3 Å². The molecule has 2 atom stereocenters. The first-order chi connectivity index (χ1) is 12.7. The maximum atomic E-state index is 13.0. The minimum atomic E-state index is -0.0191. The molecule has 136 valence electrons. The number of likely N-dealkylation sites (tertiary alicyclic amines) is 1. The number of nitrogens with zero attached hydrogens (tertiary/aromatic N) is 1. The Morgan fingerprint density at radius 2 is 1.96 bits per heavy atom. The molecule has 1 aliphatic heterocycles. The molecule has 0 spiro atoms. The van der Waals surface area contributed by atoms with Gasteiger partial charge in [-0.05, 0) is 67.5 Å². The van der Waals surface area contributed by atoms with E-state index in [1.54, 1.807) is 0 Å². The third-order valence-corrected chi connectivity index (χ3v) is 5.69. The Labute approximate surface area is 155 Å². The van der Waals surface area contributed by atoms with E-state index in [9.17, 15) is 4.79 Å². The third kappa shape index (κ3) is 3.61. The van der Waals surface area contributed by atoms with Crippen LogP contribution in [0.15, 0.2) is 48.5 Å². The van der Waals surface area contributed by atoms with Crippen molar-refractivity contribution in [1.82, 2.24) is 10.2 Å². The zero-order chi connectivity index (χ0) is 17.9. The van der Waals surface area contributed by atoms with Crippen molar-refractivity contribution in [1.29, 1.82) is 0 Å². The van der Waals surface area contributed by atoms with Crippen LogP contribution in [0.5, 0.6) is 0 Å². The number of nitrogen functional groups attached to an aromatic ring is 1. The van der Waals surface area contributed by atoms with Gasteiger partial charge >= 0.3 is 0 Å². The van der Waals surface area contributed by atoms with E-state index in [-0.39, 0.29) is 18.0 Å². The highest BCUT2D eigenvalue weighted by atomic mass is 16.2. The summed E-state index contributed by atoms with van der Waals surface area (Å²) in [6.45, 7) is 1.83. The lowest BCUT2D eigenvalue weighted by Gasteiger charge is -2.30. The van der Waals surface area contributed by atoms with Crippen LogP contribution in [0.25, 0.3) is 0 Å². The second-order valence-corrected chi connectivity index (χ2v) is 7.53. The van der Waals surface area contributed by atoms with Gasteiger partial charge in [0, 0.05) is 12.2 Å². The average molecular weight is 349 g/mol. The predicted molar refractivity (Wildman–Crippen MR) is 105 cm³/mol. The molecule has 4 rings (SSSR count). The minimum Gasteiger partial charge on any atom is -0.399 e. The van der Waals surface area contributed by atoms with Gasteiger partial charge in [0.2, 0.25) is 5.91 Å². The zero-order valence-electron chi connectivity index (χ0n) is 15.2. The number of anilines is 1. The summed E-state index contributed by atoms with van der Waals surface area (Å²) in [7, 11) is 0. The van der Waals surface area contributed by atoms with E-state index in [4.69, 9.17) is 5.73 Å². The third-order valence-electron chi connectivity index (χ3n) is 5.69. The van der Waals surface area contributed by atoms with Crippen molar-refractivity contribution in [3.63, 3.8) is 0 Å². The summed E-state index contributed by atoms with van der Waals surface area (Å²) < 4.78 is 0. The Morgan fingerprint density at radius 1 is 1.12 bits per heavy atom. The fourth-order valence-corrected chi connectivity index (χ4v) is 4.38. The lowest BCUT2D eigenvalue weighted by atomic mass is 9.87. The molecule has 0 saturated carbocycles. The van der Waals surface area contributed by atoms with Gasteiger partial charge < -0.3 is 11.1 Å². The van der Waals surface area contributed by atoms with Crippen LogP contribution in [0.1, 0.15) is 48.4 Å². The molecule has 1 heterocycles. The smallest absolute Gasteiger partial charge is 0.237 e. The number of rotatable bonds is 4. The normalized spacial score (nSPS) is 22.8. The number of aryl methyl sites for hydroxylation is 1. The van der Waals surface area contributed by atoms with Crippen molar-refractivity contribution in [3.05, 3.63) is 65.2 Å². The molecule has 1 saturated heterocycles. The minimum absolute atomic E-state index is 0.0191. The number of fused-ring (bicyclic) bond motifs is 1. The second kappa shape index (κ2) is 7.50. The first-order valence-electron chi connectivity index (χ1n) is 9.67. The van der Waals surface area contributed by atoms with Gasteiger partial charge in [-0.25, -0.2) is 0 Å². The molecule has 4 nitrogen and oxygen atoms in total. The number of carbonyl (C=O) groups is 1. The summed E-state index contributed by atoms with van der Waals surface area (Å²) in [5.74, 6) is 0.174. The van der Waals surface area contributed by atoms with Crippen molar-refractivity contribution in [2.24, 2.45) is 0 Å². The van der Waals surface area contributed by atoms with Gasteiger partial charge in [-0.2, -0.15) is 0 Å². The first kappa shape index (κ1) is 17.1. The van der Waals surface area contributed by atoms with Crippen LogP contribution in [-0.4, -0.2) is 23.4 Å². The molecule has 1 amide bonds. The van der Waals surface area contributed by atoms with E-state index in [0.29, 0.717) is 0 Å². The van der Waals surface area contributed by atoms with Crippen LogP contribution in [0.3, 0.4) is 0 Å². The lowest BCUT2D eigenvalue weighted by Crippen LogP contribution is -2.44. The molecular weight excluding hydrogens is 322 g/mol. The summed E-state index contributed by atoms with van der Waals surface area (Å²) in [4.78, 5) is 15.3. The Kier molecular flexibility index (Phi) is 4.93. The van der Waals surface area contributed by atoms with Crippen LogP contribution in [0.4, 0.5) is 5.69 Å². The summed E-state index contributed by atoms with van der Waals surface area (Å²) in [6, 6.07) is 16.6. The molecule has 0 aromatic heterocycles. The number of hydrogen-bond donors (Lipinski definition) is 2. The summed E-state index contributed by atoms with van der Waals surface area (Å²) in [5.41, 5.74) is 10.5. The fraction of sp³-hybridized carbons (Fsp3) is 0.409. The Bertz CT molecular complexity index is 774. The van der Waals surface area contributed by atoms with E-state index in [2.05, 4.69) is 46.6 Å². The van der Waals surface area contributed by atoms with Gasteiger partial charge in [0.25, 0.3) is 0 Å². The Morgan fingerprint density at radius 3 is 2.81 bits per heavy atom. The molecule has 0 bridgehead atoms. The van der Waals surface area contributed by atoms with Crippen molar-refractivity contribution >= 4 is 11.6 Å². The molecule has 4 heteroatoms. The molecular formula is C22H27N3O. The van der Waals surface area contributed by atoms with E-state index in [1.165, 1.54) is 16.7 Å². The van der Waals surface area contributed by atoms with E-state index < -0.39 is 0 Å². The van der Waals surface area contributed by atoms with Crippen LogP contribution in [0, 0.1) is 0 Å². The van der Waals surface area contributed by atoms with Crippen LogP contribution in [-0.2, 0) is 17.8 Å². The molecule has 2 aliphatic rings. The summed E-state index contributed by atoms with van der Waals surface area (Å²) >= 11 is 0. The summed E-state index contributed by atoms with van der Waals surface area (Å²) in [5, 5.41) is 3.33. The van der Waals surface area contributed by atoms with Gasteiger partial charge in [0.15, 0.2) is 0 Å². The molecule has 2 aromatic rings. The van der Waals surface area contributed by atoms with Gasteiger partial charge in [-0.1, -0.05) is 36.4 Å². The SMILES string of the molecule is Nc1ccc2c(c1)CCCC2NC(=O)C1CCCN1Cc1ccccc1. The molecule has 2 aromatic carbocycles. The maximum absolute atomic E-state index is 13.0. The molecule has 1 aliphatic carbocycles. The number of hydrogen-bond acceptors (Lipinski definition) is 3. The second-order valence-electron chi connectivity index (χ2n) is 7.53. The lowest BCUT2D eigenvalue weighted by molar-refractivity contribution is -0.126. The molecule has 26 heavy (non-hydrogen) atoms. The van der Waals surface area contributed by atoms with E-state index in [0.717, 1.165) is 50.9 Å². The van der Waals surface area contributed by atoms with Gasteiger partial charge in [-0.3, -0.25) is 9.69 Å².